The second-order valence-corrected chi connectivity index (χ2v) is 7.75. The monoisotopic (exact) mass is 307 g/mol. The Morgan fingerprint density at radius 1 is 1.24 bits per heavy atom. The minimum Gasteiger partial charge on any atom is -0.444 e. The van der Waals surface area contributed by atoms with Gasteiger partial charge in [-0.25, -0.2) is 4.79 Å². The standard InChI is InChI=1S/C17H25NO2S/c1-17(2,3)20-16(19)18-11-9-15(10-12-18)21-13-14-7-5-4-6-8-14/h4-8,15H,9-13H2,1-3H3. The molecule has 0 spiro atoms. The molecule has 116 valence electrons. The van der Waals surface area contributed by atoms with Gasteiger partial charge in [-0.3, -0.25) is 0 Å². The molecule has 21 heavy (non-hydrogen) atoms. The molecule has 0 unspecified atom stereocenters. The fourth-order valence-electron chi connectivity index (χ4n) is 2.32. The Labute approximate surface area is 132 Å². The fraction of sp³-hybridized carbons (Fsp3) is 0.588. The van der Waals surface area contributed by atoms with E-state index in [2.05, 4.69) is 24.3 Å². The first-order chi connectivity index (χ1) is 9.94. The minimum atomic E-state index is -0.407. The van der Waals surface area contributed by atoms with Crippen LogP contribution in [0.1, 0.15) is 39.2 Å². The molecule has 0 saturated carbocycles. The number of amides is 1. The number of hydrogen-bond donors (Lipinski definition) is 0. The molecule has 1 fully saturated rings. The Bertz CT molecular complexity index is 448. The number of thioether (sulfide) groups is 1. The summed E-state index contributed by atoms with van der Waals surface area (Å²) in [6, 6.07) is 10.6. The summed E-state index contributed by atoms with van der Waals surface area (Å²) in [6.45, 7) is 7.34. The van der Waals surface area contributed by atoms with Gasteiger partial charge in [-0.2, -0.15) is 11.8 Å². The second-order valence-electron chi connectivity index (χ2n) is 6.46. The predicted molar refractivity (Wildman–Crippen MR) is 88.6 cm³/mol. The van der Waals surface area contributed by atoms with E-state index in [4.69, 9.17) is 4.74 Å². The van der Waals surface area contributed by atoms with Crippen LogP contribution in [0.4, 0.5) is 4.79 Å². The van der Waals surface area contributed by atoms with Gasteiger partial charge in [-0.05, 0) is 39.2 Å². The van der Waals surface area contributed by atoms with Crippen molar-refractivity contribution in [3.63, 3.8) is 0 Å². The Hall–Kier alpha value is -1.16. The molecule has 1 aromatic carbocycles. The van der Waals surface area contributed by atoms with Gasteiger partial charge in [0.05, 0.1) is 0 Å². The third-order valence-corrected chi connectivity index (χ3v) is 4.87. The molecule has 4 heteroatoms. The van der Waals surface area contributed by atoms with Crippen LogP contribution in [-0.4, -0.2) is 34.9 Å². The predicted octanol–water partition coefficient (Wildman–Crippen LogP) is 4.32. The molecule has 1 aliphatic heterocycles. The first-order valence-corrected chi connectivity index (χ1v) is 8.62. The van der Waals surface area contributed by atoms with Gasteiger partial charge in [-0.15, -0.1) is 0 Å². The quantitative estimate of drug-likeness (QED) is 0.833. The number of carbonyl (C=O) groups is 1. The lowest BCUT2D eigenvalue weighted by molar-refractivity contribution is 0.0219. The summed E-state index contributed by atoms with van der Waals surface area (Å²) >= 11 is 2.00. The summed E-state index contributed by atoms with van der Waals surface area (Å²) in [7, 11) is 0. The van der Waals surface area contributed by atoms with E-state index in [-0.39, 0.29) is 6.09 Å². The zero-order valence-corrected chi connectivity index (χ0v) is 14.0. The van der Waals surface area contributed by atoms with E-state index in [0.717, 1.165) is 31.7 Å². The van der Waals surface area contributed by atoms with Crippen LogP contribution in [-0.2, 0) is 10.5 Å². The molecule has 1 aliphatic rings. The second kappa shape index (κ2) is 7.21. The highest BCUT2D eigenvalue weighted by molar-refractivity contribution is 7.99. The lowest BCUT2D eigenvalue weighted by Crippen LogP contribution is -2.42. The van der Waals surface area contributed by atoms with Crippen molar-refractivity contribution in [2.75, 3.05) is 13.1 Å². The summed E-state index contributed by atoms with van der Waals surface area (Å²) in [6.07, 6.45) is 1.93. The Morgan fingerprint density at radius 3 is 2.43 bits per heavy atom. The van der Waals surface area contributed by atoms with Gasteiger partial charge < -0.3 is 9.64 Å². The van der Waals surface area contributed by atoms with E-state index in [9.17, 15) is 4.79 Å². The Kier molecular flexibility index (Phi) is 5.57. The summed E-state index contributed by atoms with van der Waals surface area (Å²) < 4.78 is 5.42. The van der Waals surface area contributed by atoms with Gasteiger partial charge in [0.2, 0.25) is 0 Å². The molecule has 0 aromatic heterocycles. The van der Waals surface area contributed by atoms with Crippen LogP contribution in [0.2, 0.25) is 0 Å². The molecule has 0 atom stereocenters. The number of nitrogens with zero attached hydrogens (tertiary/aromatic N) is 1. The molecule has 2 rings (SSSR count). The number of carbonyl (C=O) groups excluding carboxylic acids is 1. The normalized spacial score (nSPS) is 16.8. The zero-order valence-electron chi connectivity index (χ0n) is 13.2. The summed E-state index contributed by atoms with van der Waals surface area (Å²) in [5, 5.41) is 0.642. The van der Waals surface area contributed by atoms with Crippen molar-refractivity contribution in [2.24, 2.45) is 0 Å². The van der Waals surface area contributed by atoms with Crippen LogP contribution >= 0.6 is 11.8 Å². The third-order valence-electron chi connectivity index (χ3n) is 3.42. The number of likely N-dealkylation sites (tertiary alicyclic amines) is 1. The first-order valence-electron chi connectivity index (χ1n) is 7.57. The van der Waals surface area contributed by atoms with Crippen molar-refractivity contribution in [3.8, 4) is 0 Å². The van der Waals surface area contributed by atoms with Crippen LogP contribution in [0, 0.1) is 0 Å². The third kappa shape index (κ3) is 5.62. The van der Waals surface area contributed by atoms with Crippen LogP contribution in [0.25, 0.3) is 0 Å². The van der Waals surface area contributed by atoms with Crippen molar-refractivity contribution in [1.82, 2.24) is 4.90 Å². The average Bonchev–Trinajstić information content (AvgIpc) is 2.45. The number of hydrogen-bond acceptors (Lipinski definition) is 3. The highest BCUT2D eigenvalue weighted by Crippen LogP contribution is 2.27. The molecule has 3 nitrogen and oxygen atoms in total. The van der Waals surface area contributed by atoms with Gasteiger partial charge >= 0.3 is 6.09 Å². The van der Waals surface area contributed by atoms with Gasteiger partial charge in [0.1, 0.15) is 5.60 Å². The van der Waals surface area contributed by atoms with Crippen molar-refractivity contribution < 1.29 is 9.53 Å². The van der Waals surface area contributed by atoms with E-state index in [1.54, 1.807) is 0 Å². The summed E-state index contributed by atoms with van der Waals surface area (Å²) in [5.41, 5.74) is 0.966. The van der Waals surface area contributed by atoms with Crippen LogP contribution in [0.3, 0.4) is 0 Å². The fourth-order valence-corrected chi connectivity index (χ4v) is 3.48. The molecule has 0 aliphatic carbocycles. The maximum atomic E-state index is 12.0. The van der Waals surface area contributed by atoms with Gasteiger partial charge in [0, 0.05) is 24.1 Å². The van der Waals surface area contributed by atoms with Crippen molar-refractivity contribution in [1.29, 1.82) is 0 Å². The first kappa shape index (κ1) is 16.2. The SMILES string of the molecule is CC(C)(C)OC(=O)N1CCC(SCc2ccccc2)CC1. The van der Waals surface area contributed by atoms with E-state index in [1.165, 1.54) is 5.56 Å². The largest absolute Gasteiger partial charge is 0.444 e. The smallest absolute Gasteiger partial charge is 0.410 e. The highest BCUT2D eigenvalue weighted by atomic mass is 32.2. The molecular weight excluding hydrogens is 282 g/mol. The molecule has 1 aromatic rings. The molecule has 0 bridgehead atoms. The Morgan fingerprint density at radius 2 is 1.86 bits per heavy atom. The highest BCUT2D eigenvalue weighted by Gasteiger charge is 2.26. The van der Waals surface area contributed by atoms with Crippen LogP contribution < -0.4 is 0 Å². The van der Waals surface area contributed by atoms with E-state index < -0.39 is 5.60 Å². The lowest BCUT2D eigenvalue weighted by atomic mass is 10.1. The number of piperidine rings is 1. The average molecular weight is 307 g/mol. The van der Waals surface area contributed by atoms with Crippen LogP contribution in [0.15, 0.2) is 30.3 Å². The van der Waals surface area contributed by atoms with Gasteiger partial charge in [-0.1, -0.05) is 30.3 Å². The molecule has 1 amide bonds. The minimum absolute atomic E-state index is 0.172. The van der Waals surface area contributed by atoms with Crippen molar-refractivity contribution >= 4 is 17.9 Å². The molecule has 1 heterocycles. The van der Waals surface area contributed by atoms with Crippen molar-refractivity contribution in [2.45, 2.75) is 50.2 Å². The molecule has 0 radical (unpaired) electrons. The van der Waals surface area contributed by atoms with E-state index in [0.29, 0.717) is 5.25 Å². The number of ether oxygens (including phenoxy) is 1. The maximum Gasteiger partial charge on any atom is 0.410 e. The number of benzene rings is 1. The number of rotatable bonds is 3. The van der Waals surface area contributed by atoms with Crippen LogP contribution in [0.5, 0.6) is 0 Å². The van der Waals surface area contributed by atoms with E-state index >= 15 is 0 Å². The van der Waals surface area contributed by atoms with Crippen molar-refractivity contribution in [3.05, 3.63) is 35.9 Å². The zero-order chi connectivity index (χ0) is 15.3. The molecular formula is C17H25NO2S. The topological polar surface area (TPSA) is 29.5 Å². The van der Waals surface area contributed by atoms with E-state index in [1.807, 2.05) is 43.5 Å². The summed E-state index contributed by atoms with van der Waals surface area (Å²) in [4.78, 5) is 13.8. The lowest BCUT2D eigenvalue weighted by Gasteiger charge is -2.33. The maximum absolute atomic E-state index is 12.0. The van der Waals surface area contributed by atoms with Gasteiger partial charge in [0.15, 0.2) is 0 Å². The molecule has 1 saturated heterocycles. The van der Waals surface area contributed by atoms with Gasteiger partial charge in [0.25, 0.3) is 0 Å². The summed E-state index contributed by atoms with van der Waals surface area (Å²) in [5.74, 6) is 1.05. The molecule has 0 N–H and O–H groups in total. The Balaban J connectivity index is 1.72.